The molecule has 0 atom stereocenters. The predicted octanol–water partition coefficient (Wildman–Crippen LogP) is 3.97. The second kappa shape index (κ2) is 7.93. The molecule has 0 aromatic heterocycles. The second-order valence-corrected chi connectivity index (χ2v) is 6.54. The molecule has 6 heteroatoms. The number of benzene rings is 2. The zero-order chi connectivity index (χ0) is 17.8. The van der Waals surface area contributed by atoms with Crippen LogP contribution in [0, 0.1) is 11.6 Å². The van der Waals surface area contributed by atoms with Gasteiger partial charge in [-0.15, -0.1) is 0 Å². The first kappa shape index (κ1) is 17.8. The van der Waals surface area contributed by atoms with E-state index in [9.17, 15) is 13.6 Å². The monoisotopic (exact) mass is 364 g/mol. The minimum atomic E-state index is -0.443. The predicted molar refractivity (Wildman–Crippen MR) is 93.6 cm³/mol. The number of hydrogen-bond donors (Lipinski definition) is 0. The average Bonchev–Trinajstić information content (AvgIpc) is 2.84. The molecule has 132 valence electrons. The first-order chi connectivity index (χ1) is 12.0. The molecule has 1 aliphatic heterocycles. The standard InChI is InChI=1S/C19H19ClF2N2O/c20-17-5-2-1-4-16(17)19(25)24-9-3-8-23(10-11-24)13-14-12-15(21)6-7-18(14)22/h1-2,4-7,12H,3,8-11,13H2. The van der Waals surface area contributed by atoms with Gasteiger partial charge in [0.25, 0.3) is 5.91 Å². The van der Waals surface area contributed by atoms with Crippen LogP contribution >= 0.6 is 11.6 Å². The van der Waals surface area contributed by atoms with Crippen molar-refractivity contribution in [2.24, 2.45) is 0 Å². The molecule has 0 bridgehead atoms. The second-order valence-electron chi connectivity index (χ2n) is 6.14. The van der Waals surface area contributed by atoms with Crippen molar-refractivity contribution in [1.29, 1.82) is 0 Å². The number of amides is 1. The number of carbonyl (C=O) groups excluding carboxylic acids is 1. The van der Waals surface area contributed by atoms with Crippen molar-refractivity contribution in [3.63, 3.8) is 0 Å². The lowest BCUT2D eigenvalue weighted by Crippen LogP contribution is -2.35. The van der Waals surface area contributed by atoms with Crippen molar-refractivity contribution in [1.82, 2.24) is 9.80 Å². The van der Waals surface area contributed by atoms with E-state index in [1.165, 1.54) is 6.07 Å². The normalized spacial score (nSPS) is 15.9. The highest BCUT2D eigenvalue weighted by atomic mass is 35.5. The van der Waals surface area contributed by atoms with Crippen molar-refractivity contribution in [2.75, 3.05) is 26.2 Å². The van der Waals surface area contributed by atoms with E-state index in [4.69, 9.17) is 11.6 Å². The van der Waals surface area contributed by atoms with E-state index in [1.54, 1.807) is 29.2 Å². The molecular formula is C19H19ClF2N2O. The van der Waals surface area contributed by atoms with Gasteiger partial charge in [0.05, 0.1) is 10.6 Å². The molecule has 0 N–H and O–H groups in total. The Morgan fingerprint density at radius 1 is 1.04 bits per heavy atom. The van der Waals surface area contributed by atoms with Gasteiger partial charge in [0.2, 0.25) is 0 Å². The Kier molecular flexibility index (Phi) is 5.66. The van der Waals surface area contributed by atoms with E-state index in [0.717, 1.165) is 25.1 Å². The van der Waals surface area contributed by atoms with Crippen molar-refractivity contribution < 1.29 is 13.6 Å². The van der Waals surface area contributed by atoms with Gasteiger partial charge in [-0.2, -0.15) is 0 Å². The SMILES string of the molecule is O=C(c1ccccc1Cl)N1CCCN(Cc2cc(F)ccc2F)CC1. The Hall–Kier alpha value is -1.98. The van der Waals surface area contributed by atoms with E-state index in [-0.39, 0.29) is 5.91 Å². The third kappa shape index (κ3) is 4.35. The summed E-state index contributed by atoms with van der Waals surface area (Å²) >= 11 is 6.11. The number of rotatable bonds is 3. The van der Waals surface area contributed by atoms with Crippen molar-refractivity contribution in [3.8, 4) is 0 Å². The summed E-state index contributed by atoms with van der Waals surface area (Å²) < 4.78 is 27.1. The topological polar surface area (TPSA) is 23.6 Å². The van der Waals surface area contributed by atoms with Gasteiger partial charge in [0.15, 0.2) is 0 Å². The molecule has 2 aromatic carbocycles. The van der Waals surface area contributed by atoms with E-state index in [0.29, 0.717) is 42.3 Å². The van der Waals surface area contributed by atoms with Gasteiger partial charge >= 0.3 is 0 Å². The lowest BCUT2D eigenvalue weighted by molar-refractivity contribution is 0.0761. The Labute approximate surface area is 150 Å². The first-order valence-corrected chi connectivity index (χ1v) is 8.62. The van der Waals surface area contributed by atoms with Crippen LogP contribution in [0.5, 0.6) is 0 Å². The highest BCUT2D eigenvalue weighted by Crippen LogP contribution is 2.19. The number of hydrogen-bond acceptors (Lipinski definition) is 2. The van der Waals surface area contributed by atoms with Gasteiger partial charge in [0.1, 0.15) is 11.6 Å². The van der Waals surface area contributed by atoms with Crippen molar-refractivity contribution >= 4 is 17.5 Å². The minimum absolute atomic E-state index is 0.0932. The molecule has 1 fully saturated rings. The molecule has 0 aliphatic carbocycles. The van der Waals surface area contributed by atoms with Crippen LogP contribution in [-0.2, 0) is 6.54 Å². The van der Waals surface area contributed by atoms with Gasteiger partial charge in [-0.05, 0) is 36.8 Å². The zero-order valence-corrected chi connectivity index (χ0v) is 14.5. The molecule has 0 saturated carbocycles. The van der Waals surface area contributed by atoms with E-state index in [1.807, 2.05) is 4.90 Å². The Morgan fingerprint density at radius 3 is 2.64 bits per heavy atom. The fourth-order valence-electron chi connectivity index (χ4n) is 3.04. The van der Waals surface area contributed by atoms with Crippen molar-refractivity contribution in [3.05, 3.63) is 70.2 Å². The summed E-state index contributed by atoms with van der Waals surface area (Å²) in [7, 11) is 0. The van der Waals surface area contributed by atoms with Crippen LogP contribution in [-0.4, -0.2) is 41.9 Å². The van der Waals surface area contributed by atoms with Gasteiger partial charge in [-0.3, -0.25) is 9.69 Å². The lowest BCUT2D eigenvalue weighted by atomic mass is 10.2. The van der Waals surface area contributed by atoms with Gasteiger partial charge in [-0.1, -0.05) is 23.7 Å². The third-order valence-electron chi connectivity index (χ3n) is 4.38. The lowest BCUT2D eigenvalue weighted by Gasteiger charge is -2.22. The molecule has 3 rings (SSSR count). The molecule has 1 heterocycles. The maximum Gasteiger partial charge on any atom is 0.255 e. The van der Waals surface area contributed by atoms with E-state index >= 15 is 0 Å². The Balaban J connectivity index is 1.65. The number of carbonyl (C=O) groups is 1. The fourth-order valence-corrected chi connectivity index (χ4v) is 3.26. The average molecular weight is 365 g/mol. The molecule has 1 saturated heterocycles. The minimum Gasteiger partial charge on any atom is -0.337 e. The van der Waals surface area contributed by atoms with Crippen LogP contribution in [0.2, 0.25) is 5.02 Å². The molecule has 0 unspecified atom stereocenters. The summed E-state index contributed by atoms with van der Waals surface area (Å²) in [6.07, 6.45) is 0.771. The summed E-state index contributed by atoms with van der Waals surface area (Å²) in [5, 5.41) is 0.440. The summed E-state index contributed by atoms with van der Waals surface area (Å²) in [5.41, 5.74) is 0.833. The Bertz CT molecular complexity index is 769. The van der Waals surface area contributed by atoms with Crippen LogP contribution in [0.25, 0.3) is 0 Å². The smallest absolute Gasteiger partial charge is 0.255 e. The maximum absolute atomic E-state index is 13.8. The van der Waals surface area contributed by atoms with Gasteiger partial charge in [-0.25, -0.2) is 8.78 Å². The summed E-state index contributed by atoms with van der Waals surface area (Å²) in [6.45, 7) is 2.80. The molecule has 2 aromatic rings. The fraction of sp³-hybridized carbons (Fsp3) is 0.316. The van der Waals surface area contributed by atoms with Crippen LogP contribution in [0.15, 0.2) is 42.5 Å². The molecule has 3 nitrogen and oxygen atoms in total. The van der Waals surface area contributed by atoms with Gasteiger partial charge < -0.3 is 4.90 Å². The van der Waals surface area contributed by atoms with Crippen LogP contribution < -0.4 is 0 Å². The first-order valence-electron chi connectivity index (χ1n) is 8.24. The third-order valence-corrected chi connectivity index (χ3v) is 4.71. The quantitative estimate of drug-likeness (QED) is 0.822. The van der Waals surface area contributed by atoms with E-state index in [2.05, 4.69) is 0 Å². The van der Waals surface area contributed by atoms with Crippen LogP contribution in [0.4, 0.5) is 8.78 Å². The molecule has 0 spiro atoms. The largest absolute Gasteiger partial charge is 0.337 e. The number of nitrogens with zero attached hydrogens (tertiary/aromatic N) is 2. The Morgan fingerprint density at radius 2 is 1.84 bits per heavy atom. The molecular weight excluding hydrogens is 346 g/mol. The van der Waals surface area contributed by atoms with Gasteiger partial charge in [0, 0.05) is 38.3 Å². The summed E-state index contributed by atoms with van der Waals surface area (Å²) in [6, 6.07) is 10.5. The maximum atomic E-state index is 13.8. The van der Waals surface area contributed by atoms with Crippen LogP contribution in [0.3, 0.4) is 0 Å². The van der Waals surface area contributed by atoms with Crippen molar-refractivity contribution in [2.45, 2.75) is 13.0 Å². The summed E-state index contributed by atoms with van der Waals surface area (Å²) in [5.74, 6) is -0.944. The number of halogens is 3. The summed E-state index contributed by atoms with van der Waals surface area (Å²) in [4.78, 5) is 16.5. The molecule has 25 heavy (non-hydrogen) atoms. The zero-order valence-electron chi connectivity index (χ0n) is 13.7. The molecule has 0 radical (unpaired) electrons. The van der Waals surface area contributed by atoms with Crippen LogP contribution in [0.1, 0.15) is 22.3 Å². The highest BCUT2D eigenvalue weighted by molar-refractivity contribution is 6.33. The molecule has 1 aliphatic rings. The van der Waals surface area contributed by atoms with E-state index < -0.39 is 11.6 Å². The highest BCUT2D eigenvalue weighted by Gasteiger charge is 2.22. The molecule has 1 amide bonds.